The standard InChI is InChI=1S/C16H17N5/c1-20-15(4-6-19-20)13-3-2-12-5-7-21(16(12)8-13)10-14-9-17-11-18-14/h2-4,6,8-9,11H,5,7,10H2,1H3,(H,17,18). The maximum atomic E-state index is 4.26. The van der Waals surface area contributed by atoms with E-state index in [1.165, 1.54) is 16.8 Å². The first-order valence-corrected chi connectivity index (χ1v) is 7.15. The normalized spacial score (nSPS) is 13.7. The smallest absolute Gasteiger partial charge is 0.0922 e. The number of nitrogens with one attached hydrogen (secondary N) is 1. The molecule has 1 aliphatic rings. The molecule has 0 saturated carbocycles. The second-order valence-corrected chi connectivity index (χ2v) is 5.43. The second-order valence-electron chi connectivity index (χ2n) is 5.43. The van der Waals surface area contributed by atoms with Crippen molar-refractivity contribution in [1.29, 1.82) is 0 Å². The fourth-order valence-electron chi connectivity index (χ4n) is 3.00. The molecule has 0 spiro atoms. The summed E-state index contributed by atoms with van der Waals surface area (Å²) < 4.78 is 1.91. The lowest BCUT2D eigenvalue weighted by molar-refractivity contribution is 0.775. The van der Waals surface area contributed by atoms with E-state index < -0.39 is 0 Å². The Morgan fingerprint density at radius 1 is 1.29 bits per heavy atom. The number of hydrogen-bond donors (Lipinski definition) is 1. The van der Waals surface area contributed by atoms with Crippen molar-refractivity contribution in [3.8, 4) is 11.3 Å². The average Bonchev–Trinajstić information content (AvgIpc) is 3.21. The summed E-state index contributed by atoms with van der Waals surface area (Å²) in [5.41, 5.74) is 6.24. The van der Waals surface area contributed by atoms with E-state index in [-0.39, 0.29) is 0 Å². The van der Waals surface area contributed by atoms with E-state index in [9.17, 15) is 0 Å². The summed E-state index contributed by atoms with van der Waals surface area (Å²) in [6.07, 6.45) is 6.57. The molecule has 0 fully saturated rings. The van der Waals surface area contributed by atoms with Crippen molar-refractivity contribution in [2.45, 2.75) is 13.0 Å². The minimum atomic E-state index is 0.877. The lowest BCUT2D eigenvalue weighted by Crippen LogP contribution is -2.19. The lowest BCUT2D eigenvalue weighted by Gasteiger charge is -2.19. The van der Waals surface area contributed by atoms with Crippen molar-refractivity contribution in [2.24, 2.45) is 7.05 Å². The Morgan fingerprint density at radius 2 is 2.24 bits per heavy atom. The quantitative estimate of drug-likeness (QED) is 0.801. The number of aromatic amines is 1. The predicted molar refractivity (Wildman–Crippen MR) is 82.0 cm³/mol. The first-order chi connectivity index (χ1) is 10.3. The Bertz CT molecular complexity index is 757. The van der Waals surface area contributed by atoms with E-state index in [4.69, 9.17) is 0 Å². The number of hydrogen-bond acceptors (Lipinski definition) is 3. The first kappa shape index (κ1) is 12.2. The van der Waals surface area contributed by atoms with E-state index in [2.05, 4.69) is 44.2 Å². The number of aryl methyl sites for hydroxylation is 1. The molecule has 0 atom stereocenters. The van der Waals surface area contributed by atoms with Crippen LogP contribution in [0.25, 0.3) is 11.3 Å². The Morgan fingerprint density at radius 3 is 3.00 bits per heavy atom. The summed E-state index contributed by atoms with van der Waals surface area (Å²) in [6.45, 7) is 1.94. The molecule has 0 radical (unpaired) electrons. The van der Waals surface area contributed by atoms with E-state index >= 15 is 0 Å². The summed E-state index contributed by atoms with van der Waals surface area (Å²) in [5, 5.41) is 4.26. The summed E-state index contributed by atoms with van der Waals surface area (Å²) in [7, 11) is 1.98. The van der Waals surface area contributed by atoms with Gasteiger partial charge in [0.1, 0.15) is 0 Å². The van der Waals surface area contributed by atoms with Crippen LogP contribution in [0.1, 0.15) is 11.3 Å². The van der Waals surface area contributed by atoms with Gasteiger partial charge in [0.05, 0.1) is 24.3 Å². The number of imidazole rings is 1. The molecule has 5 heteroatoms. The fraction of sp³-hybridized carbons (Fsp3) is 0.250. The number of benzene rings is 1. The minimum absolute atomic E-state index is 0.877. The Balaban J connectivity index is 1.69. The number of nitrogens with zero attached hydrogens (tertiary/aromatic N) is 4. The third-order valence-electron chi connectivity index (χ3n) is 4.11. The van der Waals surface area contributed by atoms with Crippen molar-refractivity contribution in [2.75, 3.05) is 11.4 Å². The number of rotatable bonds is 3. The van der Waals surface area contributed by atoms with Crippen LogP contribution in [-0.4, -0.2) is 26.3 Å². The van der Waals surface area contributed by atoms with Crippen molar-refractivity contribution >= 4 is 5.69 Å². The molecular formula is C16H17N5. The summed E-state index contributed by atoms with van der Waals surface area (Å²) in [5.74, 6) is 0. The molecule has 106 valence electrons. The lowest BCUT2D eigenvalue weighted by atomic mass is 10.1. The predicted octanol–water partition coefficient (Wildman–Crippen LogP) is 2.37. The third-order valence-corrected chi connectivity index (χ3v) is 4.11. The van der Waals surface area contributed by atoms with Crippen LogP contribution in [0.2, 0.25) is 0 Å². The van der Waals surface area contributed by atoms with Crippen LogP contribution in [0.15, 0.2) is 43.0 Å². The first-order valence-electron chi connectivity index (χ1n) is 7.15. The molecule has 1 N–H and O–H groups in total. The van der Waals surface area contributed by atoms with Crippen LogP contribution >= 0.6 is 0 Å². The Hall–Kier alpha value is -2.56. The van der Waals surface area contributed by atoms with Crippen molar-refractivity contribution in [3.63, 3.8) is 0 Å². The minimum Gasteiger partial charge on any atom is -0.365 e. The molecule has 3 heterocycles. The zero-order valence-electron chi connectivity index (χ0n) is 12.0. The van der Waals surface area contributed by atoms with Crippen LogP contribution in [-0.2, 0) is 20.0 Å². The van der Waals surface area contributed by atoms with Gasteiger partial charge in [0.2, 0.25) is 0 Å². The van der Waals surface area contributed by atoms with Gasteiger partial charge in [-0.1, -0.05) is 12.1 Å². The van der Waals surface area contributed by atoms with Gasteiger partial charge in [0.15, 0.2) is 0 Å². The number of anilines is 1. The maximum Gasteiger partial charge on any atom is 0.0922 e. The van der Waals surface area contributed by atoms with Crippen molar-refractivity contribution in [1.82, 2.24) is 19.7 Å². The number of H-pyrrole nitrogens is 1. The molecule has 0 unspecified atom stereocenters. The molecule has 0 bridgehead atoms. The summed E-state index contributed by atoms with van der Waals surface area (Å²) >= 11 is 0. The second kappa shape index (κ2) is 4.77. The van der Waals surface area contributed by atoms with Gasteiger partial charge in [-0.05, 0) is 24.1 Å². The van der Waals surface area contributed by atoms with E-state index in [0.29, 0.717) is 0 Å². The molecule has 21 heavy (non-hydrogen) atoms. The molecule has 1 aliphatic heterocycles. The van der Waals surface area contributed by atoms with Gasteiger partial charge in [-0.2, -0.15) is 5.10 Å². The van der Waals surface area contributed by atoms with Gasteiger partial charge in [0, 0.05) is 37.2 Å². The van der Waals surface area contributed by atoms with E-state index in [0.717, 1.165) is 30.9 Å². The average molecular weight is 279 g/mol. The molecule has 2 aromatic heterocycles. The molecule has 0 amide bonds. The molecular weight excluding hydrogens is 262 g/mol. The van der Waals surface area contributed by atoms with Crippen molar-refractivity contribution < 1.29 is 0 Å². The molecule has 4 rings (SSSR count). The van der Waals surface area contributed by atoms with Gasteiger partial charge < -0.3 is 9.88 Å². The van der Waals surface area contributed by atoms with Gasteiger partial charge in [0.25, 0.3) is 0 Å². The van der Waals surface area contributed by atoms with Crippen molar-refractivity contribution in [3.05, 3.63) is 54.2 Å². The zero-order valence-corrected chi connectivity index (χ0v) is 12.0. The zero-order chi connectivity index (χ0) is 14.2. The maximum absolute atomic E-state index is 4.26. The third kappa shape index (κ3) is 2.11. The highest BCUT2D eigenvalue weighted by Gasteiger charge is 2.20. The summed E-state index contributed by atoms with van der Waals surface area (Å²) in [6, 6.07) is 8.76. The molecule has 1 aromatic carbocycles. The van der Waals surface area contributed by atoms with Gasteiger partial charge in [-0.25, -0.2) is 4.98 Å². The fourth-order valence-corrected chi connectivity index (χ4v) is 3.00. The Kier molecular flexibility index (Phi) is 2.77. The monoisotopic (exact) mass is 279 g/mol. The van der Waals surface area contributed by atoms with Crippen LogP contribution in [0, 0.1) is 0 Å². The number of aromatic nitrogens is 4. The SMILES string of the molecule is Cn1nccc1-c1ccc2c(c1)N(Cc1cnc[nH]1)CC2. The highest BCUT2D eigenvalue weighted by Crippen LogP contribution is 2.33. The molecule has 5 nitrogen and oxygen atoms in total. The largest absolute Gasteiger partial charge is 0.365 e. The molecule has 0 saturated heterocycles. The van der Waals surface area contributed by atoms with Gasteiger partial charge in [-0.3, -0.25) is 4.68 Å². The Labute approximate surface area is 123 Å². The highest BCUT2D eigenvalue weighted by molar-refractivity contribution is 5.70. The topological polar surface area (TPSA) is 49.7 Å². The van der Waals surface area contributed by atoms with Crippen LogP contribution in [0.3, 0.4) is 0 Å². The number of fused-ring (bicyclic) bond motifs is 1. The highest BCUT2D eigenvalue weighted by atomic mass is 15.3. The van der Waals surface area contributed by atoms with Gasteiger partial charge >= 0.3 is 0 Å². The van der Waals surface area contributed by atoms with Crippen LogP contribution < -0.4 is 4.90 Å². The van der Waals surface area contributed by atoms with E-state index in [1.54, 1.807) is 6.33 Å². The summed E-state index contributed by atoms with van der Waals surface area (Å²) in [4.78, 5) is 9.68. The molecule has 3 aromatic rings. The van der Waals surface area contributed by atoms with Crippen LogP contribution in [0.4, 0.5) is 5.69 Å². The van der Waals surface area contributed by atoms with Gasteiger partial charge in [-0.15, -0.1) is 0 Å². The van der Waals surface area contributed by atoms with Crippen LogP contribution in [0.5, 0.6) is 0 Å². The molecule has 0 aliphatic carbocycles. The van der Waals surface area contributed by atoms with E-state index in [1.807, 2.05) is 24.1 Å².